The van der Waals surface area contributed by atoms with Crippen LogP contribution in [0.2, 0.25) is 5.02 Å². The molecule has 0 aliphatic carbocycles. The normalized spacial score (nSPS) is 15.2. The minimum atomic E-state index is -0.817. The first-order chi connectivity index (χ1) is 18.5. The van der Waals surface area contributed by atoms with E-state index in [0.29, 0.717) is 18.1 Å². The fourth-order valence-corrected chi connectivity index (χ4v) is 5.01. The Labute approximate surface area is 230 Å². The number of nitrogens with zero attached hydrogens (tertiary/aromatic N) is 3. The van der Waals surface area contributed by atoms with E-state index in [0.717, 1.165) is 56.3 Å². The maximum atomic E-state index is 10.8. The number of unbranched alkanes of at least 4 members (excludes halogenated alkanes) is 1. The van der Waals surface area contributed by atoms with Crippen LogP contribution in [0.15, 0.2) is 78.9 Å². The van der Waals surface area contributed by atoms with Crippen molar-refractivity contribution in [1.82, 2.24) is 14.9 Å². The molecule has 1 fully saturated rings. The minimum absolute atomic E-state index is 0.219. The van der Waals surface area contributed by atoms with Gasteiger partial charge in [0.05, 0.1) is 12.6 Å². The van der Waals surface area contributed by atoms with E-state index in [2.05, 4.69) is 64.4 Å². The van der Waals surface area contributed by atoms with Gasteiger partial charge in [-0.25, -0.2) is 9.86 Å². The highest BCUT2D eigenvalue weighted by Gasteiger charge is 2.26. The maximum Gasteiger partial charge on any atom is 0.338 e. The maximum absolute atomic E-state index is 10.8. The van der Waals surface area contributed by atoms with Gasteiger partial charge in [0, 0.05) is 37.7 Å². The summed E-state index contributed by atoms with van der Waals surface area (Å²) in [7, 11) is 0. The molecule has 0 aromatic heterocycles. The van der Waals surface area contributed by atoms with E-state index < -0.39 is 6.03 Å². The number of carbonyl (C=O) groups is 1. The summed E-state index contributed by atoms with van der Waals surface area (Å²) in [5, 5.41) is 10.6. The van der Waals surface area contributed by atoms with Crippen molar-refractivity contribution in [3.63, 3.8) is 0 Å². The second kappa shape index (κ2) is 14.2. The molecule has 0 unspecified atom stereocenters. The summed E-state index contributed by atoms with van der Waals surface area (Å²) in [6, 6.07) is 26.5. The Balaban J connectivity index is 1.20. The highest BCUT2D eigenvalue weighted by atomic mass is 35.5. The smallest absolute Gasteiger partial charge is 0.338 e. The zero-order valence-corrected chi connectivity index (χ0v) is 22.5. The topological polar surface area (TPSA) is 82.3 Å². The summed E-state index contributed by atoms with van der Waals surface area (Å²) >= 11 is 6.16. The Hall–Kier alpha value is -3.10. The summed E-state index contributed by atoms with van der Waals surface area (Å²) in [6.45, 7) is 5.77. The number of halogens is 1. The molecule has 0 saturated carbocycles. The van der Waals surface area contributed by atoms with Crippen molar-refractivity contribution in [3.05, 3.63) is 101 Å². The summed E-state index contributed by atoms with van der Waals surface area (Å²) in [5.41, 5.74) is 8.78. The summed E-state index contributed by atoms with van der Waals surface area (Å²) in [5.74, 6) is 0.870. The molecule has 202 valence electrons. The lowest BCUT2D eigenvalue weighted by Crippen LogP contribution is -2.48. The number of rotatable bonds is 12. The molecule has 0 radical (unpaired) electrons. The van der Waals surface area contributed by atoms with Crippen molar-refractivity contribution in [1.29, 1.82) is 0 Å². The largest absolute Gasteiger partial charge is 0.492 e. The number of hydrogen-bond donors (Lipinski definition) is 2. The van der Waals surface area contributed by atoms with E-state index in [1.807, 2.05) is 24.3 Å². The molecule has 1 aliphatic heterocycles. The van der Waals surface area contributed by atoms with Gasteiger partial charge < -0.3 is 10.5 Å². The second-order valence-electron chi connectivity index (χ2n) is 9.65. The van der Waals surface area contributed by atoms with Gasteiger partial charge in [0.2, 0.25) is 0 Å². The van der Waals surface area contributed by atoms with Crippen molar-refractivity contribution >= 4 is 17.6 Å². The van der Waals surface area contributed by atoms with Gasteiger partial charge in [-0.2, -0.15) is 0 Å². The van der Waals surface area contributed by atoms with Crippen LogP contribution in [0.4, 0.5) is 4.79 Å². The lowest BCUT2D eigenvalue weighted by molar-refractivity contribution is -0.0402. The molecule has 8 heteroatoms. The lowest BCUT2D eigenvalue weighted by atomic mass is 9.96. The minimum Gasteiger partial charge on any atom is -0.492 e. The molecule has 0 bridgehead atoms. The average Bonchev–Trinajstić information content (AvgIpc) is 2.94. The SMILES string of the molecule is NC(=O)N(O)CCCCc1ccc(OCCN2CCN([C@@H](c3ccccc3)c3ccc(Cl)cc3)CC2)cc1. The van der Waals surface area contributed by atoms with Crippen LogP contribution in [0.3, 0.4) is 0 Å². The number of aryl methyl sites for hydroxylation is 1. The van der Waals surface area contributed by atoms with Crippen LogP contribution < -0.4 is 10.5 Å². The number of carbonyl (C=O) groups excluding carboxylic acids is 1. The van der Waals surface area contributed by atoms with E-state index in [-0.39, 0.29) is 12.6 Å². The predicted octanol–water partition coefficient (Wildman–Crippen LogP) is 5.22. The fraction of sp³-hybridized carbons (Fsp3) is 0.367. The molecule has 1 heterocycles. The third-order valence-electron chi connectivity index (χ3n) is 7.01. The van der Waals surface area contributed by atoms with Crippen molar-refractivity contribution in [3.8, 4) is 5.75 Å². The van der Waals surface area contributed by atoms with Crippen molar-refractivity contribution < 1.29 is 14.7 Å². The van der Waals surface area contributed by atoms with Gasteiger partial charge >= 0.3 is 6.03 Å². The number of benzene rings is 3. The molecule has 0 spiro atoms. The van der Waals surface area contributed by atoms with Gasteiger partial charge in [0.15, 0.2) is 0 Å². The molecule has 3 aromatic rings. The Kier molecular flexibility index (Phi) is 10.4. The predicted molar refractivity (Wildman–Crippen MR) is 151 cm³/mol. The van der Waals surface area contributed by atoms with Gasteiger partial charge in [0.25, 0.3) is 0 Å². The van der Waals surface area contributed by atoms with E-state index in [1.165, 1.54) is 16.7 Å². The lowest BCUT2D eigenvalue weighted by Gasteiger charge is -2.39. The van der Waals surface area contributed by atoms with E-state index in [1.54, 1.807) is 0 Å². The Bertz CT molecular complexity index is 1120. The molecule has 1 aliphatic rings. The quantitative estimate of drug-likeness (QED) is 0.188. The van der Waals surface area contributed by atoms with Crippen LogP contribution in [0.5, 0.6) is 5.75 Å². The third kappa shape index (κ3) is 8.20. The summed E-state index contributed by atoms with van der Waals surface area (Å²) < 4.78 is 6.01. The number of hydroxylamine groups is 2. The molecule has 1 saturated heterocycles. The highest BCUT2D eigenvalue weighted by molar-refractivity contribution is 6.30. The van der Waals surface area contributed by atoms with E-state index >= 15 is 0 Å². The van der Waals surface area contributed by atoms with Gasteiger partial charge in [0.1, 0.15) is 12.4 Å². The number of urea groups is 1. The van der Waals surface area contributed by atoms with Crippen LogP contribution in [-0.4, -0.2) is 72.0 Å². The molecule has 38 heavy (non-hydrogen) atoms. The monoisotopic (exact) mass is 536 g/mol. The molecule has 1 atom stereocenters. The van der Waals surface area contributed by atoms with Crippen molar-refractivity contribution in [2.24, 2.45) is 5.73 Å². The van der Waals surface area contributed by atoms with E-state index in [4.69, 9.17) is 22.1 Å². The second-order valence-corrected chi connectivity index (χ2v) is 10.1. The van der Waals surface area contributed by atoms with Gasteiger partial charge in [-0.3, -0.25) is 15.0 Å². The standard InChI is InChI=1S/C30H37ClN4O3/c31-27-13-11-26(12-14-27)29(25-7-2-1-3-8-25)34-20-18-33(19-21-34)22-23-38-28-15-9-24(10-16-28)6-4-5-17-35(37)30(32)36/h1-3,7-16,29,37H,4-6,17-23H2,(H2,32,36)/t29-/m0/s1. The number of amides is 2. The molecular formula is C30H37ClN4O3. The zero-order valence-electron chi connectivity index (χ0n) is 21.7. The molecule has 4 rings (SSSR count). The fourth-order valence-electron chi connectivity index (χ4n) is 4.89. The third-order valence-corrected chi connectivity index (χ3v) is 7.26. The van der Waals surface area contributed by atoms with Crippen LogP contribution in [0, 0.1) is 0 Å². The number of hydrogen-bond acceptors (Lipinski definition) is 5. The Morgan fingerprint density at radius 2 is 1.58 bits per heavy atom. The van der Waals surface area contributed by atoms with Crippen molar-refractivity contribution in [2.45, 2.75) is 25.3 Å². The molecule has 3 aromatic carbocycles. The molecule has 2 amide bonds. The van der Waals surface area contributed by atoms with Gasteiger partial charge in [-0.15, -0.1) is 0 Å². The molecule has 3 N–H and O–H groups in total. The first-order valence-electron chi connectivity index (χ1n) is 13.2. The van der Waals surface area contributed by atoms with Crippen LogP contribution in [0.25, 0.3) is 0 Å². The van der Waals surface area contributed by atoms with Crippen LogP contribution in [-0.2, 0) is 6.42 Å². The van der Waals surface area contributed by atoms with Crippen molar-refractivity contribution in [2.75, 3.05) is 45.9 Å². The Morgan fingerprint density at radius 3 is 2.24 bits per heavy atom. The Morgan fingerprint density at radius 1 is 0.921 bits per heavy atom. The first-order valence-corrected chi connectivity index (χ1v) is 13.6. The number of nitrogens with two attached hydrogens (primary N) is 1. The van der Waals surface area contributed by atoms with Crippen LogP contribution in [0.1, 0.15) is 35.6 Å². The number of piperazine rings is 1. The molecular weight excluding hydrogens is 500 g/mol. The van der Waals surface area contributed by atoms with Gasteiger partial charge in [-0.05, 0) is 60.2 Å². The van der Waals surface area contributed by atoms with Gasteiger partial charge in [-0.1, -0.05) is 66.2 Å². The average molecular weight is 537 g/mol. The summed E-state index contributed by atoms with van der Waals surface area (Å²) in [4.78, 5) is 15.8. The zero-order chi connectivity index (χ0) is 26.7. The highest BCUT2D eigenvalue weighted by Crippen LogP contribution is 2.30. The number of primary amides is 1. The van der Waals surface area contributed by atoms with Crippen LogP contribution >= 0.6 is 11.6 Å². The van der Waals surface area contributed by atoms with E-state index in [9.17, 15) is 10.0 Å². The first kappa shape index (κ1) is 27.9. The molecule has 7 nitrogen and oxygen atoms in total. The number of ether oxygens (including phenoxy) is 1. The summed E-state index contributed by atoms with van der Waals surface area (Å²) in [6.07, 6.45) is 2.42.